The number of nitrogens with zero attached hydrogens (tertiary/aromatic N) is 4. The molecular formula is C14H10N4O. The van der Waals surface area contributed by atoms with Gasteiger partial charge in [0.15, 0.2) is 5.65 Å². The van der Waals surface area contributed by atoms with Crippen LogP contribution in [0.5, 0.6) is 0 Å². The fraction of sp³-hybridized carbons (Fsp3) is 0.0714. The maximum absolute atomic E-state index is 12.1. The van der Waals surface area contributed by atoms with Crippen molar-refractivity contribution in [3.63, 3.8) is 0 Å². The lowest BCUT2D eigenvalue weighted by molar-refractivity contribution is 0.761. The Kier molecular flexibility index (Phi) is 1.97. The first-order chi connectivity index (χ1) is 9.34. The summed E-state index contributed by atoms with van der Waals surface area (Å²) in [4.78, 5) is 16.0. The van der Waals surface area contributed by atoms with E-state index in [1.165, 1.54) is 0 Å². The number of aromatic nitrogens is 4. The average molecular weight is 250 g/mol. The molecule has 1 aliphatic heterocycles. The smallest absolute Gasteiger partial charge is 0.284 e. The maximum Gasteiger partial charge on any atom is 0.284 e. The Morgan fingerprint density at radius 3 is 2.84 bits per heavy atom. The van der Waals surface area contributed by atoms with E-state index in [1.807, 2.05) is 47.2 Å². The highest BCUT2D eigenvalue weighted by atomic mass is 16.1. The van der Waals surface area contributed by atoms with Crippen LogP contribution in [0.1, 0.15) is 0 Å². The van der Waals surface area contributed by atoms with Crippen LogP contribution < -0.4 is 5.56 Å². The van der Waals surface area contributed by atoms with Crippen molar-refractivity contribution < 1.29 is 0 Å². The maximum atomic E-state index is 12.1. The monoisotopic (exact) mass is 250 g/mol. The second-order valence-electron chi connectivity index (χ2n) is 4.44. The molecule has 3 heterocycles. The minimum absolute atomic E-state index is 0.230. The predicted molar refractivity (Wildman–Crippen MR) is 72.6 cm³/mol. The van der Waals surface area contributed by atoms with Gasteiger partial charge in [0.05, 0.1) is 0 Å². The first-order valence-corrected chi connectivity index (χ1v) is 6.04. The number of hydrogen-bond acceptors (Lipinski definition) is 3. The second-order valence-corrected chi connectivity index (χ2v) is 4.44. The summed E-state index contributed by atoms with van der Waals surface area (Å²) in [5, 5.41) is 5.10. The topological polar surface area (TPSA) is 52.7 Å². The van der Waals surface area contributed by atoms with Gasteiger partial charge in [0.25, 0.3) is 5.56 Å². The van der Waals surface area contributed by atoms with Crippen molar-refractivity contribution in [2.45, 2.75) is 6.54 Å². The highest BCUT2D eigenvalue weighted by molar-refractivity contribution is 5.92. The van der Waals surface area contributed by atoms with E-state index < -0.39 is 0 Å². The molecule has 5 nitrogen and oxygen atoms in total. The minimum atomic E-state index is -0.230. The Morgan fingerprint density at radius 1 is 1.16 bits per heavy atom. The minimum Gasteiger partial charge on any atom is -0.312 e. The van der Waals surface area contributed by atoms with E-state index in [-0.39, 0.29) is 5.56 Å². The van der Waals surface area contributed by atoms with Gasteiger partial charge in [0.2, 0.25) is 0 Å². The summed E-state index contributed by atoms with van der Waals surface area (Å²) in [7, 11) is 0. The van der Waals surface area contributed by atoms with Gasteiger partial charge in [0, 0.05) is 18.3 Å². The molecule has 0 amide bonds. The second kappa shape index (κ2) is 3.65. The summed E-state index contributed by atoms with van der Waals surface area (Å²) >= 11 is 0. The Labute approximate surface area is 108 Å². The van der Waals surface area contributed by atoms with Crippen LogP contribution in [-0.2, 0) is 6.54 Å². The molecule has 0 atom stereocenters. The van der Waals surface area contributed by atoms with Gasteiger partial charge < -0.3 is 4.57 Å². The highest BCUT2D eigenvalue weighted by Gasteiger charge is 2.18. The van der Waals surface area contributed by atoms with Gasteiger partial charge in [-0.2, -0.15) is 10.1 Å². The summed E-state index contributed by atoms with van der Waals surface area (Å²) in [5.74, 6) is 0. The quantitative estimate of drug-likeness (QED) is 0.661. The molecule has 2 aromatic heterocycles. The molecule has 5 heteroatoms. The van der Waals surface area contributed by atoms with Crippen molar-refractivity contribution >= 4 is 17.2 Å². The number of hydrogen-bond donors (Lipinski definition) is 0. The molecule has 0 radical (unpaired) electrons. The van der Waals surface area contributed by atoms with Crippen LogP contribution in [0.25, 0.3) is 28.5 Å². The van der Waals surface area contributed by atoms with E-state index in [0.717, 1.165) is 11.2 Å². The standard InChI is InChI=1S/C14H10N4O/c19-13-11-12(10-5-2-1-3-6-10)16-18-8-4-7-17(9-15-13)14(11)18/h1-6,8-9H,7H2. The number of benzene rings is 1. The van der Waals surface area contributed by atoms with Crippen LogP contribution >= 0.6 is 0 Å². The molecule has 0 spiro atoms. The van der Waals surface area contributed by atoms with E-state index >= 15 is 0 Å². The molecule has 0 saturated carbocycles. The van der Waals surface area contributed by atoms with Gasteiger partial charge >= 0.3 is 0 Å². The van der Waals surface area contributed by atoms with Crippen molar-refractivity contribution in [1.82, 2.24) is 19.3 Å². The van der Waals surface area contributed by atoms with E-state index in [9.17, 15) is 4.79 Å². The largest absolute Gasteiger partial charge is 0.312 e. The lowest BCUT2D eigenvalue weighted by atomic mass is 10.1. The number of allylic oxidation sites excluding steroid dienone is 1. The molecule has 0 fully saturated rings. The first kappa shape index (κ1) is 10.3. The van der Waals surface area contributed by atoms with Gasteiger partial charge in [-0.3, -0.25) is 4.79 Å². The fourth-order valence-corrected chi connectivity index (χ4v) is 2.44. The third-order valence-corrected chi connectivity index (χ3v) is 3.28. The zero-order chi connectivity index (χ0) is 12.8. The summed E-state index contributed by atoms with van der Waals surface area (Å²) in [6.45, 7) is 0.712. The zero-order valence-electron chi connectivity index (χ0n) is 10.0. The van der Waals surface area contributed by atoms with Crippen molar-refractivity contribution in [2.75, 3.05) is 0 Å². The SMILES string of the molecule is O=c1ncn2c3c1c(-c1ccccc1)nn3C=CC2. The van der Waals surface area contributed by atoms with Gasteiger partial charge in [-0.15, -0.1) is 0 Å². The fourth-order valence-electron chi connectivity index (χ4n) is 2.44. The summed E-state index contributed by atoms with van der Waals surface area (Å²) in [6, 6.07) is 9.71. The van der Waals surface area contributed by atoms with E-state index in [4.69, 9.17) is 0 Å². The van der Waals surface area contributed by atoms with Gasteiger partial charge in [0.1, 0.15) is 17.4 Å². The molecule has 0 bridgehead atoms. The van der Waals surface area contributed by atoms with Crippen molar-refractivity contribution in [1.29, 1.82) is 0 Å². The van der Waals surface area contributed by atoms with Crippen LogP contribution in [0.4, 0.5) is 0 Å². The lowest BCUT2D eigenvalue weighted by Crippen LogP contribution is -2.14. The molecule has 0 aliphatic carbocycles. The Bertz CT molecular complexity index is 858. The third kappa shape index (κ3) is 1.38. The van der Waals surface area contributed by atoms with Crippen molar-refractivity contribution in [3.8, 4) is 11.3 Å². The Balaban J connectivity index is 2.17. The van der Waals surface area contributed by atoms with Crippen molar-refractivity contribution in [3.05, 3.63) is 53.1 Å². The van der Waals surface area contributed by atoms with Gasteiger partial charge in [-0.05, 0) is 6.08 Å². The van der Waals surface area contributed by atoms with Crippen LogP contribution in [0.15, 0.2) is 47.5 Å². The zero-order valence-corrected chi connectivity index (χ0v) is 10.0. The molecule has 1 aromatic carbocycles. The lowest BCUT2D eigenvalue weighted by Gasteiger charge is -2.09. The van der Waals surface area contributed by atoms with E-state index in [1.54, 1.807) is 11.0 Å². The first-order valence-electron chi connectivity index (χ1n) is 6.04. The van der Waals surface area contributed by atoms with E-state index in [2.05, 4.69) is 10.1 Å². The van der Waals surface area contributed by atoms with E-state index in [0.29, 0.717) is 17.6 Å². The predicted octanol–water partition coefficient (Wildman–Crippen LogP) is 1.74. The molecule has 3 aromatic rings. The van der Waals surface area contributed by atoms with Crippen LogP contribution in [0.3, 0.4) is 0 Å². The number of rotatable bonds is 1. The Morgan fingerprint density at radius 2 is 2.00 bits per heavy atom. The molecule has 92 valence electrons. The molecule has 19 heavy (non-hydrogen) atoms. The molecule has 1 aliphatic rings. The normalized spacial score (nSPS) is 13.1. The summed E-state index contributed by atoms with van der Waals surface area (Å²) < 4.78 is 3.67. The van der Waals surface area contributed by atoms with Gasteiger partial charge in [-0.1, -0.05) is 30.3 Å². The molecule has 0 N–H and O–H groups in total. The van der Waals surface area contributed by atoms with Crippen molar-refractivity contribution in [2.24, 2.45) is 0 Å². The van der Waals surface area contributed by atoms with Crippen LogP contribution in [0.2, 0.25) is 0 Å². The molecule has 4 rings (SSSR count). The molecule has 0 unspecified atom stereocenters. The highest BCUT2D eigenvalue weighted by Crippen LogP contribution is 2.26. The average Bonchev–Trinajstić information content (AvgIpc) is 2.85. The molecule has 0 saturated heterocycles. The Hall–Kier alpha value is -2.69. The van der Waals surface area contributed by atoms with Gasteiger partial charge in [-0.25, -0.2) is 4.68 Å². The summed E-state index contributed by atoms with van der Waals surface area (Å²) in [6.07, 6.45) is 5.44. The third-order valence-electron chi connectivity index (χ3n) is 3.28. The summed E-state index contributed by atoms with van der Waals surface area (Å²) in [5.41, 5.74) is 2.19. The van der Waals surface area contributed by atoms with Crippen LogP contribution in [0, 0.1) is 0 Å². The molecular weight excluding hydrogens is 240 g/mol. The van der Waals surface area contributed by atoms with Crippen LogP contribution in [-0.4, -0.2) is 19.3 Å².